The van der Waals surface area contributed by atoms with Gasteiger partial charge in [-0.1, -0.05) is 49.2 Å². The first-order chi connectivity index (χ1) is 12.5. The van der Waals surface area contributed by atoms with Crippen LogP contribution in [0.2, 0.25) is 0 Å². The zero-order valence-electron chi connectivity index (χ0n) is 15.9. The summed E-state index contributed by atoms with van der Waals surface area (Å²) in [6, 6.07) is 8.23. The summed E-state index contributed by atoms with van der Waals surface area (Å²) in [5, 5.41) is 0. The van der Waals surface area contributed by atoms with Gasteiger partial charge in [-0.2, -0.15) is 0 Å². The first-order valence-corrected chi connectivity index (χ1v) is 9.41. The molecule has 0 fully saturated rings. The van der Waals surface area contributed by atoms with E-state index < -0.39 is 0 Å². The SMILES string of the molecule is C=C(C)SC(=C)c1cnc(-c2cccc(/C(C=NCC)=C/C)c2)nc1C. The summed E-state index contributed by atoms with van der Waals surface area (Å²) >= 11 is 1.55. The number of benzene rings is 1. The van der Waals surface area contributed by atoms with Gasteiger partial charge < -0.3 is 0 Å². The van der Waals surface area contributed by atoms with Crippen LogP contribution in [0.1, 0.15) is 37.6 Å². The van der Waals surface area contributed by atoms with Gasteiger partial charge >= 0.3 is 0 Å². The summed E-state index contributed by atoms with van der Waals surface area (Å²) < 4.78 is 0. The van der Waals surface area contributed by atoms with E-state index in [0.29, 0.717) is 5.82 Å². The lowest BCUT2D eigenvalue weighted by atomic mass is 10.0. The van der Waals surface area contributed by atoms with Gasteiger partial charge in [-0.15, -0.1) is 0 Å². The van der Waals surface area contributed by atoms with Crippen LogP contribution < -0.4 is 0 Å². The molecule has 0 aliphatic carbocycles. The maximum atomic E-state index is 4.69. The van der Waals surface area contributed by atoms with Gasteiger partial charge in [0.15, 0.2) is 5.82 Å². The Hall–Kier alpha value is -2.46. The zero-order chi connectivity index (χ0) is 19.1. The third-order valence-corrected chi connectivity index (χ3v) is 4.57. The van der Waals surface area contributed by atoms with Crippen molar-refractivity contribution in [2.24, 2.45) is 4.99 Å². The van der Waals surface area contributed by atoms with Crippen molar-refractivity contribution in [3.63, 3.8) is 0 Å². The average molecular weight is 364 g/mol. The first-order valence-electron chi connectivity index (χ1n) is 8.59. The number of allylic oxidation sites excluding steroid dienone is 3. The fourth-order valence-electron chi connectivity index (χ4n) is 2.49. The van der Waals surface area contributed by atoms with Gasteiger partial charge in [0.1, 0.15) is 0 Å². The maximum Gasteiger partial charge on any atom is 0.159 e. The minimum atomic E-state index is 0.712. The van der Waals surface area contributed by atoms with E-state index in [-0.39, 0.29) is 0 Å². The highest BCUT2D eigenvalue weighted by atomic mass is 32.2. The lowest BCUT2D eigenvalue weighted by Gasteiger charge is -2.10. The van der Waals surface area contributed by atoms with Crippen molar-refractivity contribution in [2.75, 3.05) is 6.54 Å². The van der Waals surface area contributed by atoms with Gasteiger partial charge in [0, 0.05) is 40.7 Å². The quantitative estimate of drug-likeness (QED) is 0.551. The van der Waals surface area contributed by atoms with E-state index in [1.165, 1.54) is 0 Å². The average Bonchev–Trinajstić information content (AvgIpc) is 2.62. The number of aromatic nitrogens is 2. The number of hydrogen-bond donors (Lipinski definition) is 0. The summed E-state index contributed by atoms with van der Waals surface area (Å²) in [6.45, 7) is 16.8. The topological polar surface area (TPSA) is 38.1 Å². The predicted molar refractivity (Wildman–Crippen MR) is 116 cm³/mol. The highest BCUT2D eigenvalue weighted by Crippen LogP contribution is 2.32. The van der Waals surface area contributed by atoms with Gasteiger partial charge in [0.2, 0.25) is 0 Å². The Morgan fingerprint density at radius 2 is 2.08 bits per heavy atom. The van der Waals surface area contributed by atoms with Gasteiger partial charge in [-0.3, -0.25) is 4.99 Å². The first kappa shape index (κ1) is 19.9. The second-order valence-electron chi connectivity index (χ2n) is 5.87. The van der Waals surface area contributed by atoms with Crippen LogP contribution in [0, 0.1) is 6.92 Å². The molecule has 0 bridgehead atoms. The molecule has 0 spiro atoms. The van der Waals surface area contributed by atoms with E-state index >= 15 is 0 Å². The third-order valence-electron chi connectivity index (χ3n) is 3.76. The minimum absolute atomic E-state index is 0.712. The molecule has 0 amide bonds. The Bertz CT molecular complexity index is 879. The maximum absolute atomic E-state index is 4.69. The Morgan fingerprint density at radius 1 is 1.31 bits per heavy atom. The molecule has 2 rings (SSSR count). The summed E-state index contributed by atoms with van der Waals surface area (Å²) in [6.07, 6.45) is 5.82. The van der Waals surface area contributed by atoms with E-state index in [2.05, 4.69) is 41.3 Å². The molecule has 3 nitrogen and oxygen atoms in total. The highest BCUT2D eigenvalue weighted by molar-refractivity contribution is 8.11. The largest absolute Gasteiger partial charge is 0.293 e. The fourth-order valence-corrected chi connectivity index (χ4v) is 3.22. The number of nitrogens with zero attached hydrogens (tertiary/aromatic N) is 3. The lowest BCUT2D eigenvalue weighted by molar-refractivity contribution is 1.10. The van der Waals surface area contributed by atoms with E-state index in [9.17, 15) is 0 Å². The minimum Gasteiger partial charge on any atom is -0.293 e. The molecule has 0 saturated heterocycles. The molecule has 0 radical (unpaired) electrons. The molecule has 0 N–H and O–H groups in total. The van der Waals surface area contributed by atoms with Crippen LogP contribution in [0.5, 0.6) is 0 Å². The van der Waals surface area contributed by atoms with Crippen molar-refractivity contribution in [2.45, 2.75) is 27.7 Å². The van der Waals surface area contributed by atoms with Crippen LogP contribution >= 0.6 is 11.8 Å². The molecule has 1 heterocycles. The second-order valence-corrected chi connectivity index (χ2v) is 7.27. The molecule has 0 unspecified atom stereocenters. The highest BCUT2D eigenvalue weighted by Gasteiger charge is 2.10. The van der Waals surface area contributed by atoms with Gasteiger partial charge in [-0.05, 0) is 49.8 Å². The summed E-state index contributed by atoms with van der Waals surface area (Å²) in [5.74, 6) is 0.712. The molecule has 134 valence electrons. The van der Waals surface area contributed by atoms with E-state index in [1.54, 1.807) is 11.8 Å². The van der Waals surface area contributed by atoms with Crippen molar-refractivity contribution in [1.29, 1.82) is 0 Å². The van der Waals surface area contributed by atoms with Crippen LogP contribution in [0.3, 0.4) is 0 Å². The Balaban J connectivity index is 2.36. The van der Waals surface area contributed by atoms with Gasteiger partial charge in [0.25, 0.3) is 0 Å². The van der Waals surface area contributed by atoms with Crippen LogP contribution in [-0.2, 0) is 0 Å². The van der Waals surface area contributed by atoms with Gasteiger partial charge in [0.05, 0.1) is 0 Å². The number of hydrogen-bond acceptors (Lipinski definition) is 4. The predicted octanol–water partition coefficient (Wildman–Crippen LogP) is 6.18. The van der Waals surface area contributed by atoms with E-state index in [1.807, 2.05) is 52.2 Å². The molecule has 1 aromatic heterocycles. The number of thioether (sulfide) groups is 1. The molecule has 0 aliphatic heterocycles. The van der Waals surface area contributed by atoms with Crippen molar-refractivity contribution in [3.05, 3.63) is 71.4 Å². The van der Waals surface area contributed by atoms with Gasteiger partial charge in [-0.25, -0.2) is 9.97 Å². The monoisotopic (exact) mass is 363 g/mol. The Labute approximate surface area is 160 Å². The summed E-state index contributed by atoms with van der Waals surface area (Å²) in [4.78, 5) is 15.5. The summed E-state index contributed by atoms with van der Waals surface area (Å²) in [7, 11) is 0. The Kier molecular flexibility index (Phi) is 7.10. The number of aliphatic imine (C=N–C) groups is 1. The van der Waals surface area contributed by atoms with Crippen LogP contribution in [0.15, 0.2) is 59.6 Å². The standard InChI is InChI=1S/C22H25N3S/c1-7-18(13-23-8-2)19-10-9-11-20(12-19)22-24-14-21(16(5)25-22)17(6)26-15(3)4/h7,9-14H,3,6,8H2,1-2,4-5H3/b18-7+,23-13?. The fraction of sp³-hybridized carbons (Fsp3) is 0.227. The van der Waals surface area contributed by atoms with Crippen molar-refractivity contribution < 1.29 is 0 Å². The summed E-state index contributed by atoms with van der Waals surface area (Å²) in [5.41, 5.74) is 5.06. The van der Waals surface area contributed by atoms with Crippen molar-refractivity contribution in [3.8, 4) is 11.4 Å². The molecule has 0 aliphatic rings. The smallest absolute Gasteiger partial charge is 0.159 e. The molecule has 1 aromatic carbocycles. The normalized spacial score (nSPS) is 11.8. The number of aryl methyl sites for hydroxylation is 1. The van der Waals surface area contributed by atoms with Crippen LogP contribution in [-0.4, -0.2) is 22.7 Å². The third kappa shape index (κ3) is 5.02. The molecule has 2 aromatic rings. The Morgan fingerprint density at radius 3 is 2.69 bits per heavy atom. The molecular weight excluding hydrogens is 338 g/mol. The molecule has 26 heavy (non-hydrogen) atoms. The van der Waals surface area contributed by atoms with Crippen molar-refractivity contribution >= 4 is 28.5 Å². The van der Waals surface area contributed by atoms with Crippen LogP contribution in [0.4, 0.5) is 0 Å². The van der Waals surface area contributed by atoms with E-state index in [4.69, 9.17) is 4.98 Å². The molecule has 0 atom stereocenters. The van der Waals surface area contributed by atoms with Crippen LogP contribution in [0.25, 0.3) is 21.9 Å². The van der Waals surface area contributed by atoms with E-state index in [0.717, 1.165) is 44.3 Å². The molecule has 4 heteroatoms. The lowest BCUT2D eigenvalue weighted by Crippen LogP contribution is -1.97. The molecule has 0 saturated carbocycles. The second kappa shape index (κ2) is 9.30. The molecular formula is C22H25N3S. The zero-order valence-corrected chi connectivity index (χ0v) is 16.7. The number of rotatable bonds is 7. The van der Waals surface area contributed by atoms with Crippen molar-refractivity contribution in [1.82, 2.24) is 9.97 Å².